The first-order chi connectivity index (χ1) is 11.6. The monoisotopic (exact) mass is 346 g/mol. The summed E-state index contributed by atoms with van der Waals surface area (Å²) in [6.45, 7) is 2.41. The third-order valence-electron chi connectivity index (χ3n) is 3.93. The minimum absolute atomic E-state index is 0.0508. The van der Waals surface area contributed by atoms with Crippen LogP contribution < -0.4 is 5.56 Å². The summed E-state index contributed by atoms with van der Waals surface area (Å²) in [6.07, 6.45) is 0. The number of nitrogens with one attached hydrogen (secondary N) is 1. The molecule has 2 heterocycles. The van der Waals surface area contributed by atoms with E-state index in [-0.39, 0.29) is 12.2 Å². The van der Waals surface area contributed by atoms with Crippen LogP contribution in [0.15, 0.2) is 35.1 Å². The van der Waals surface area contributed by atoms with Crippen molar-refractivity contribution in [1.82, 2.24) is 9.88 Å². The normalized spacial score (nSPS) is 17.7. The topological polar surface area (TPSA) is 79.5 Å². The van der Waals surface area contributed by atoms with Crippen molar-refractivity contribution in [3.05, 3.63) is 46.2 Å². The number of nitrogens with zero attached hydrogens (tertiary/aromatic N) is 1. The minimum atomic E-state index is -0.651. The van der Waals surface area contributed by atoms with Crippen molar-refractivity contribution >= 4 is 34.5 Å². The van der Waals surface area contributed by atoms with Gasteiger partial charge in [0.1, 0.15) is 11.6 Å². The summed E-state index contributed by atoms with van der Waals surface area (Å²) < 4.78 is 5.07. The number of fused-ring (bicyclic) bond motifs is 1. The van der Waals surface area contributed by atoms with Crippen molar-refractivity contribution in [2.24, 2.45) is 0 Å². The molecule has 1 aromatic heterocycles. The number of esters is 1. The standard InChI is InChI=1S/C17H18N2O4S/c1-2-23-17(22)14-10-24-8-7-19(14)16(21)12-9-11-5-3-4-6-13(11)18-15(12)20/h3-6,9,14H,2,7-8,10H2,1H3,(H,18,20)/t14-/m0/s1. The number of ether oxygens (including phenoxy) is 1. The van der Waals surface area contributed by atoms with Crippen LogP contribution in [0.4, 0.5) is 0 Å². The second kappa shape index (κ2) is 7.09. The van der Waals surface area contributed by atoms with Gasteiger partial charge in [-0.2, -0.15) is 11.8 Å². The summed E-state index contributed by atoms with van der Waals surface area (Å²) in [5, 5.41) is 0.777. The maximum Gasteiger partial charge on any atom is 0.329 e. The number of carbonyl (C=O) groups is 2. The molecular formula is C17H18N2O4S. The highest BCUT2D eigenvalue weighted by Gasteiger charge is 2.35. The molecule has 1 N–H and O–H groups in total. The number of pyridine rings is 1. The Morgan fingerprint density at radius 2 is 2.17 bits per heavy atom. The zero-order valence-corrected chi connectivity index (χ0v) is 14.1. The van der Waals surface area contributed by atoms with Gasteiger partial charge < -0.3 is 14.6 Å². The molecule has 1 saturated heterocycles. The SMILES string of the molecule is CCOC(=O)[C@@H]1CSCCN1C(=O)c1cc2ccccc2[nH]c1=O. The van der Waals surface area contributed by atoms with Gasteiger partial charge in [0.15, 0.2) is 0 Å². The number of carbonyl (C=O) groups excluding carboxylic acids is 2. The fourth-order valence-corrected chi connectivity index (χ4v) is 3.77. The lowest BCUT2D eigenvalue weighted by molar-refractivity contribution is -0.147. The van der Waals surface area contributed by atoms with E-state index in [1.165, 1.54) is 4.90 Å². The molecule has 0 aliphatic carbocycles. The second-order valence-electron chi connectivity index (χ2n) is 5.44. The Kier molecular flexibility index (Phi) is 4.89. The Bertz CT molecular complexity index is 833. The fourth-order valence-electron chi connectivity index (χ4n) is 2.74. The maximum absolute atomic E-state index is 12.9. The van der Waals surface area contributed by atoms with Gasteiger partial charge in [0.25, 0.3) is 11.5 Å². The zero-order chi connectivity index (χ0) is 17.1. The molecule has 2 aromatic rings. The van der Waals surface area contributed by atoms with Gasteiger partial charge in [-0.15, -0.1) is 0 Å². The molecule has 1 aliphatic rings. The lowest BCUT2D eigenvalue weighted by Crippen LogP contribution is -2.51. The third-order valence-corrected chi connectivity index (χ3v) is 4.95. The Morgan fingerprint density at radius 3 is 2.96 bits per heavy atom. The average Bonchev–Trinajstić information content (AvgIpc) is 2.60. The van der Waals surface area contributed by atoms with Crippen LogP contribution in [0.3, 0.4) is 0 Å². The Balaban J connectivity index is 1.96. The van der Waals surface area contributed by atoms with E-state index in [0.29, 0.717) is 17.8 Å². The summed E-state index contributed by atoms with van der Waals surface area (Å²) in [5.74, 6) is 0.360. The van der Waals surface area contributed by atoms with Crippen LogP contribution in [0.2, 0.25) is 0 Å². The van der Waals surface area contributed by atoms with Gasteiger partial charge in [-0.05, 0) is 24.4 Å². The predicted molar refractivity (Wildman–Crippen MR) is 93.4 cm³/mol. The van der Waals surface area contributed by atoms with Crippen LogP contribution in [0.1, 0.15) is 17.3 Å². The summed E-state index contributed by atoms with van der Waals surface area (Å²) in [6, 6.07) is 8.20. The highest BCUT2D eigenvalue weighted by molar-refractivity contribution is 7.99. The van der Waals surface area contributed by atoms with E-state index in [1.807, 2.05) is 18.2 Å². The largest absolute Gasteiger partial charge is 0.464 e. The molecule has 0 radical (unpaired) electrons. The first-order valence-corrected chi connectivity index (χ1v) is 8.94. The van der Waals surface area contributed by atoms with Crippen LogP contribution in [-0.4, -0.2) is 52.5 Å². The summed E-state index contributed by atoms with van der Waals surface area (Å²) in [7, 11) is 0. The van der Waals surface area contributed by atoms with E-state index in [9.17, 15) is 14.4 Å². The van der Waals surface area contributed by atoms with Crippen molar-refractivity contribution in [3.8, 4) is 0 Å². The van der Waals surface area contributed by atoms with Crippen LogP contribution in [-0.2, 0) is 9.53 Å². The highest BCUT2D eigenvalue weighted by atomic mass is 32.2. The van der Waals surface area contributed by atoms with Crippen molar-refractivity contribution in [2.75, 3.05) is 24.7 Å². The molecule has 7 heteroatoms. The van der Waals surface area contributed by atoms with Gasteiger partial charge in [-0.1, -0.05) is 18.2 Å². The number of hydrogen-bond acceptors (Lipinski definition) is 5. The van der Waals surface area contributed by atoms with Crippen LogP contribution >= 0.6 is 11.8 Å². The van der Waals surface area contributed by atoms with Crippen molar-refractivity contribution in [2.45, 2.75) is 13.0 Å². The van der Waals surface area contributed by atoms with Gasteiger partial charge in [0.2, 0.25) is 0 Å². The van der Waals surface area contributed by atoms with Crippen LogP contribution in [0.5, 0.6) is 0 Å². The first-order valence-electron chi connectivity index (χ1n) is 7.79. The number of H-pyrrole nitrogens is 1. The number of aromatic amines is 1. The third kappa shape index (κ3) is 3.17. The molecule has 1 aromatic carbocycles. The molecule has 0 unspecified atom stereocenters. The van der Waals surface area contributed by atoms with Crippen LogP contribution in [0.25, 0.3) is 10.9 Å². The highest BCUT2D eigenvalue weighted by Crippen LogP contribution is 2.20. The molecule has 3 rings (SSSR count). The van der Waals surface area contributed by atoms with Gasteiger partial charge in [-0.3, -0.25) is 9.59 Å². The Hall–Kier alpha value is -2.28. The lowest BCUT2D eigenvalue weighted by atomic mass is 10.1. The van der Waals surface area contributed by atoms with Gasteiger partial charge in [0.05, 0.1) is 6.61 Å². The average molecular weight is 346 g/mol. The molecule has 126 valence electrons. The van der Waals surface area contributed by atoms with Crippen molar-refractivity contribution in [3.63, 3.8) is 0 Å². The van der Waals surface area contributed by atoms with E-state index in [0.717, 1.165) is 11.1 Å². The van der Waals surface area contributed by atoms with E-state index >= 15 is 0 Å². The first kappa shape index (κ1) is 16.6. The summed E-state index contributed by atoms with van der Waals surface area (Å²) in [4.78, 5) is 41.5. The number of aromatic nitrogens is 1. The minimum Gasteiger partial charge on any atom is -0.464 e. The molecule has 0 saturated carbocycles. The molecule has 1 aliphatic heterocycles. The molecule has 0 bridgehead atoms. The van der Waals surface area contributed by atoms with Gasteiger partial charge >= 0.3 is 5.97 Å². The smallest absolute Gasteiger partial charge is 0.329 e. The van der Waals surface area contributed by atoms with Gasteiger partial charge in [-0.25, -0.2) is 4.79 Å². The van der Waals surface area contributed by atoms with Crippen molar-refractivity contribution in [1.29, 1.82) is 0 Å². The Labute approximate surface area is 143 Å². The lowest BCUT2D eigenvalue weighted by Gasteiger charge is -2.33. The van der Waals surface area contributed by atoms with Crippen molar-refractivity contribution < 1.29 is 14.3 Å². The number of rotatable bonds is 3. The molecule has 1 fully saturated rings. The maximum atomic E-state index is 12.9. The molecule has 0 spiro atoms. The molecule has 1 atom stereocenters. The second-order valence-corrected chi connectivity index (χ2v) is 6.59. The molecule has 24 heavy (non-hydrogen) atoms. The number of thioether (sulfide) groups is 1. The number of hydrogen-bond donors (Lipinski definition) is 1. The van der Waals surface area contributed by atoms with E-state index in [1.54, 1.807) is 30.8 Å². The summed E-state index contributed by atoms with van der Waals surface area (Å²) >= 11 is 1.60. The van der Waals surface area contributed by atoms with Gasteiger partial charge in [0, 0.05) is 23.6 Å². The number of para-hydroxylation sites is 1. The predicted octanol–water partition coefficient (Wildman–Crippen LogP) is 1.65. The van der Waals surface area contributed by atoms with E-state index < -0.39 is 23.5 Å². The zero-order valence-electron chi connectivity index (χ0n) is 13.3. The molecule has 1 amide bonds. The number of amides is 1. The molecular weight excluding hydrogens is 328 g/mol. The van der Waals surface area contributed by atoms with Crippen LogP contribution in [0, 0.1) is 0 Å². The summed E-state index contributed by atoms with van der Waals surface area (Å²) in [5.41, 5.74) is 0.282. The molecule has 6 nitrogen and oxygen atoms in total. The van der Waals surface area contributed by atoms with E-state index in [4.69, 9.17) is 4.74 Å². The fraction of sp³-hybridized carbons (Fsp3) is 0.353. The Morgan fingerprint density at radius 1 is 1.38 bits per heavy atom. The quantitative estimate of drug-likeness (QED) is 0.855. The number of benzene rings is 1. The van der Waals surface area contributed by atoms with E-state index in [2.05, 4.69) is 4.98 Å².